The lowest BCUT2D eigenvalue weighted by molar-refractivity contribution is -0.165. The topological polar surface area (TPSA) is 65.7 Å². The van der Waals surface area contributed by atoms with Crippen LogP contribution in [0.5, 0.6) is 0 Å². The van der Waals surface area contributed by atoms with E-state index in [1.54, 1.807) is 12.5 Å². The van der Waals surface area contributed by atoms with E-state index in [1.807, 2.05) is 42.5 Å². The highest BCUT2D eigenvalue weighted by atomic mass is 16.5. The maximum Gasteiger partial charge on any atom is 0.333 e. The third-order valence-electron chi connectivity index (χ3n) is 8.38. The number of esters is 2. The molecule has 2 aromatic rings. The van der Waals surface area contributed by atoms with E-state index in [1.165, 1.54) is 7.11 Å². The zero-order chi connectivity index (χ0) is 25.1. The summed E-state index contributed by atoms with van der Waals surface area (Å²) in [5.74, 6) is -0.406. The van der Waals surface area contributed by atoms with Gasteiger partial charge >= 0.3 is 11.9 Å². The van der Waals surface area contributed by atoms with Crippen LogP contribution in [0.3, 0.4) is 0 Å². The second kappa shape index (κ2) is 10.4. The molecular formula is C30H38O5. The highest BCUT2D eigenvalue weighted by Gasteiger charge is 2.58. The molecular weight excluding hydrogens is 440 g/mol. The molecule has 0 spiro atoms. The summed E-state index contributed by atoms with van der Waals surface area (Å²) in [5.41, 5.74) is 2.67. The Hall–Kier alpha value is -2.82. The molecule has 188 valence electrons. The molecule has 1 aromatic heterocycles. The first-order chi connectivity index (χ1) is 16.7. The predicted molar refractivity (Wildman–Crippen MR) is 134 cm³/mol. The molecule has 35 heavy (non-hydrogen) atoms. The molecule has 1 fully saturated rings. The minimum absolute atomic E-state index is 0.0219. The number of aryl methyl sites for hydroxylation is 2. The van der Waals surface area contributed by atoms with Crippen molar-refractivity contribution in [3.8, 4) is 0 Å². The van der Waals surface area contributed by atoms with Gasteiger partial charge in [-0.15, -0.1) is 0 Å². The summed E-state index contributed by atoms with van der Waals surface area (Å²) in [5, 5.41) is 0. The van der Waals surface area contributed by atoms with Gasteiger partial charge in [0.15, 0.2) is 0 Å². The van der Waals surface area contributed by atoms with Crippen molar-refractivity contribution in [3.05, 3.63) is 71.7 Å². The average Bonchev–Trinajstić information content (AvgIpc) is 3.35. The van der Waals surface area contributed by atoms with Crippen LogP contribution in [0.4, 0.5) is 0 Å². The van der Waals surface area contributed by atoms with Gasteiger partial charge in [-0.2, -0.15) is 0 Å². The summed E-state index contributed by atoms with van der Waals surface area (Å²) < 4.78 is 16.7. The van der Waals surface area contributed by atoms with E-state index in [0.717, 1.165) is 43.2 Å². The van der Waals surface area contributed by atoms with E-state index in [2.05, 4.69) is 20.8 Å². The Morgan fingerprint density at radius 2 is 1.80 bits per heavy atom. The van der Waals surface area contributed by atoms with Crippen LogP contribution in [0.25, 0.3) is 0 Å². The predicted octanol–water partition coefficient (Wildman–Crippen LogP) is 6.32. The summed E-state index contributed by atoms with van der Waals surface area (Å²) in [6, 6.07) is 12.0. The Morgan fingerprint density at radius 1 is 1.03 bits per heavy atom. The van der Waals surface area contributed by atoms with Gasteiger partial charge in [-0.1, -0.05) is 57.5 Å². The summed E-state index contributed by atoms with van der Waals surface area (Å²) in [6.07, 6.45) is 10.7. The molecule has 0 aliphatic heterocycles. The van der Waals surface area contributed by atoms with Gasteiger partial charge in [-0.05, 0) is 72.1 Å². The maximum absolute atomic E-state index is 13.0. The molecule has 1 aromatic carbocycles. The molecule has 0 saturated heterocycles. The van der Waals surface area contributed by atoms with Crippen molar-refractivity contribution in [1.29, 1.82) is 0 Å². The fraction of sp³-hybridized carbons (Fsp3) is 0.533. The van der Waals surface area contributed by atoms with Crippen LogP contribution < -0.4 is 0 Å². The van der Waals surface area contributed by atoms with Gasteiger partial charge in [0.05, 0.1) is 19.6 Å². The minimum Gasteiger partial charge on any atom is -0.472 e. The smallest absolute Gasteiger partial charge is 0.333 e. The lowest BCUT2D eigenvalue weighted by Gasteiger charge is -2.58. The van der Waals surface area contributed by atoms with Crippen LogP contribution in [0.15, 0.2) is 65.0 Å². The van der Waals surface area contributed by atoms with Crippen LogP contribution in [0.2, 0.25) is 0 Å². The van der Waals surface area contributed by atoms with Crippen LogP contribution >= 0.6 is 0 Å². The minimum atomic E-state index is -0.446. The fourth-order valence-corrected chi connectivity index (χ4v) is 6.85. The summed E-state index contributed by atoms with van der Waals surface area (Å²) >= 11 is 0. The number of carbonyl (C=O) groups excluding carboxylic acids is 2. The molecule has 4 rings (SSSR count). The van der Waals surface area contributed by atoms with Gasteiger partial charge in [-0.3, -0.25) is 4.79 Å². The first-order valence-corrected chi connectivity index (χ1v) is 12.8. The second-order valence-corrected chi connectivity index (χ2v) is 11.1. The standard InChI is InChI=1S/C30H38O5/c1-29(2)16-8-17-30(3)24(13-11-22-15-18-34-20-22)23(28(32)33-4)19-25(27(29)30)35-26(31)14-12-21-9-6-5-7-10-21/h5-7,9-10,15,18-20,24-25,27H,8,11-14,16-17H2,1-4H3/t24-,25+,27-,30+/m0/s1. The third-order valence-corrected chi connectivity index (χ3v) is 8.38. The van der Waals surface area contributed by atoms with Gasteiger partial charge in [-0.25, -0.2) is 4.79 Å². The molecule has 0 unspecified atom stereocenters. The Morgan fingerprint density at radius 3 is 2.49 bits per heavy atom. The number of benzene rings is 1. The molecule has 4 atom stereocenters. The third kappa shape index (κ3) is 5.39. The lowest BCUT2D eigenvalue weighted by Crippen LogP contribution is -2.56. The van der Waals surface area contributed by atoms with Crippen molar-refractivity contribution >= 4 is 11.9 Å². The number of rotatable bonds is 8. The average molecular weight is 479 g/mol. The zero-order valence-corrected chi connectivity index (χ0v) is 21.4. The van der Waals surface area contributed by atoms with Crippen LogP contribution in [-0.2, 0) is 31.9 Å². The highest BCUT2D eigenvalue weighted by molar-refractivity contribution is 5.89. The first-order valence-electron chi connectivity index (χ1n) is 12.8. The Labute approximate surface area is 208 Å². The molecule has 2 aliphatic rings. The number of hydrogen-bond donors (Lipinski definition) is 0. The molecule has 2 aliphatic carbocycles. The van der Waals surface area contributed by atoms with Gasteiger partial charge in [0.2, 0.25) is 0 Å². The van der Waals surface area contributed by atoms with Crippen molar-refractivity contribution in [2.75, 3.05) is 7.11 Å². The normalized spacial score (nSPS) is 27.4. The number of carbonyl (C=O) groups is 2. The molecule has 5 nitrogen and oxygen atoms in total. The van der Waals surface area contributed by atoms with Crippen molar-refractivity contribution in [2.24, 2.45) is 22.7 Å². The van der Waals surface area contributed by atoms with E-state index >= 15 is 0 Å². The summed E-state index contributed by atoms with van der Waals surface area (Å²) in [6.45, 7) is 6.85. The van der Waals surface area contributed by atoms with Gasteiger partial charge in [0.25, 0.3) is 0 Å². The zero-order valence-electron chi connectivity index (χ0n) is 21.4. The maximum atomic E-state index is 13.0. The molecule has 5 heteroatoms. The Bertz CT molecular complexity index is 1040. The summed E-state index contributed by atoms with van der Waals surface area (Å²) in [4.78, 5) is 26.0. The van der Waals surface area contributed by atoms with Gasteiger partial charge in [0, 0.05) is 17.9 Å². The van der Waals surface area contributed by atoms with E-state index in [0.29, 0.717) is 18.4 Å². The molecule has 0 amide bonds. The van der Waals surface area contributed by atoms with Crippen molar-refractivity contribution in [1.82, 2.24) is 0 Å². The number of methoxy groups -OCH3 is 1. The van der Waals surface area contributed by atoms with E-state index in [-0.39, 0.29) is 34.6 Å². The SMILES string of the molecule is COC(=O)C1=C[C@@H](OC(=O)CCc2ccccc2)[C@H]2C(C)(C)CCC[C@]2(C)[C@H]1CCc1ccoc1. The van der Waals surface area contributed by atoms with Crippen LogP contribution in [0, 0.1) is 22.7 Å². The first kappa shape index (κ1) is 25.3. The van der Waals surface area contributed by atoms with Crippen molar-refractivity contribution < 1.29 is 23.5 Å². The second-order valence-electron chi connectivity index (χ2n) is 11.1. The monoisotopic (exact) mass is 478 g/mol. The Kier molecular flexibility index (Phi) is 7.53. The number of hydrogen-bond acceptors (Lipinski definition) is 5. The van der Waals surface area contributed by atoms with E-state index in [9.17, 15) is 9.59 Å². The van der Waals surface area contributed by atoms with Crippen molar-refractivity contribution in [3.63, 3.8) is 0 Å². The fourth-order valence-electron chi connectivity index (χ4n) is 6.85. The molecule has 0 radical (unpaired) electrons. The van der Waals surface area contributed by atoms with E-state index in [4.69, 9.17) is 13.9 Å². The number of fused-ring (bicyclic) bond motifs is 1. The molecule has 0 N–H and O–H groups in total. The van der Waals surface area contributed by atoms with Crippen LogP contribution in [0.1, 0.15) is 64.0 Å². The van der Waals surface area contributed by atoms with Crippen LogP contribution in [-0.4, -0.2) is 25.2 Å². The van der Waals surface area contributed by atoms with Crippen molar-refractivity contribution in [2.45, 2.75) is 71.8 Å². The molecule has 1 heterocycles. The lowest BCUT2D eigenvalue weighted by atomic mass is 9.47. The van der Waals surface area contributed by atoms with Gasteiger partial charge in [0.1, 0.15) is 6.10 Å². The molecule has 0 bridgehead atoms. The highest BCUT2D eigenvalue weighted by Crippen LogP contribution is 2.61. The summed E-state index contributed by atoms with van der Waals surface area (Å²) in [7, 11) is 1.43. The Balaban J connectivity index is 1.63. The van der Waals surface area contributed by atoms with Gasteiger partial charge < -0.3 is 13.9 Å². The number of ether oxygens (including phenoxy) is 2. The number of furan rings is 1. The van der Waals surface area contributed by atoms with E-state index < -0.39 is 6.10 Å². The quantitative estimate of drug-likeness (QED) is 0.416. The largest absolute Gasteiger partial charge is 0.472 e. The molecule has 1 saturated carbocycles.